The number of oxime groups is 1. The van der Waals surface area contributed by atoms with Gasteiger partial charge < -0.3 is 19.7 Å². The molecule has 0 saturated carbocycles. The molecule has 0 spiro atoms. The highest BCUT2D eigenvalue weighted by Gasteiger charge is 2.37. The summed E-state index contributed by atoms with van der Waals surface area (Å²) in [4.78, 5) is 41.5. The number of benzene rings is 1. The first-order valence-corrected chi connectivity index (χ1v) is 8.11. The summed E-state index contributed by atoms with van der Waals surface area (Å²) in [6, 6.07) is 1.68. The van der Waals surface area contributed by atoms with Crippen LogP contribution < -0.4 is 16.4 Å². The Balaban J connectivity index is 2.15. The predicted molar refractivity (Wildman–Crippen MR) is 88.3 cm³/mol. The van der Waals surface area contributed by atoms with Gasteiger partial charge in [0.1, 0.15) is 11.5 Å². The summed E-state index contributed by atoms with van der Waals surface area (Å²) < 4.78 is 52.7. The highest BCUT2D eigenvalue weighted by molar-refractivity contribution is 6.34. The van der Waals surface area contributed by atoms with Gasteiger partial charge in [-0.3, -0.25) is 4.79 Å². The number of carboxylic acids is 1. The first-order chi connectivity index (χ1) is 13.3. The maximum absolute atomic E-state index is 14.4. The van der Waals surface area contributed by atoms with Crippen molar-refractivity contribution < 1.29 is 32.3 Å². The summed E-state index contributed by atoms with van der Waals surface area (Å²) in [6.07, 6.45) is -5.33. The first kappa shape index (κ1) is 20.6. The second-order valence-corrected chi connectivity index (χ2v) is 6.67. The van der Waals surface area contributed by atoms with Gasteiger partial charge in [-0.25, -0.2) is 13.8 Å². The minimum Gasteiger partial charge on any atom is -0.546 e. The van der Waals surface area contributed by atoms with Crippen LogP contribution in [0.3, 0.4) is 0 Å². The number of hydrogen-bond donors (Lipinski definition) is 1. The van der Waals surface area contributed by atoms with E-state index in [1.807, 2.05) is 0 Å². The molecule has 0 fully saturated rings. The van der Waals surface area contributed by atoms with Crippen molar-refractivity contribution in [3.05, 3.63) is 61.1 Å². The van der Waals surface area contributed by atoms with E-state index in [9.17, 15) is 37.1 Å². The Morgan fingerprint density at radius 1 is 1.34 bits per heavy atom. The summed E-state index contributed by atoms with van der Waals surface area (Å²) in [5.74, 6) is -2.77. The van der Waals surface area contributed by atoms with Crippen LogP contribution in [0.25, 0.3) is 5.69 Å². The van der Waals surface area contributed by atoms with E-state index in [-0.39, 0.29) is 33.4 Å². The molecule has 1 N–H and O–H groups in total. The minimum atomic E-state index is -4.99. The van der Waals surface area contributed by atoms with Gasteiger partial charge in [-0.05, 0) is 19.1 Å². The van der Waals surface area contributed by atoms with Crippen molar-refractivity contribution >= 4 is 23.3 Å². The smallest absolute Gasteiger partial charge is 0.431 e. The third kappa shape index (κ3) is 3.62. The molecule has 2 heterocycles. The minimum absolute atomic E-state index is 0.0562. The van der Waals surface area contributed by atoms with Gasteiger partial charge in [-0.15, -0.1) is 0 Å². The lowest BCUT2D eigenvalue weighted by atomic mass is 9.96. The predicted octanol–water partition coefficient (Wildman–Crippen LogP) is 0.970. The van der Waals surface area contributed by atoms with Crippen LogP contribution >= 0.6 is 11.6 Å². The number of carboxylic acid groups (broad SMARTS) is 1. The van der Waals surface area contributed by atoms with E-state index in [0.717, 1.165) is 6.07 Å². The topological polar surface area (TPSA) is 117 Å². The molecule has 154 valence electrons. The molecule has 13 heteroatoms. The normalized spacial score (nSPS) is 19.0. The molecule has 1 aromatic heterocycles. The van der Waals surface area contributed by atoms with Crippen molar-refractivity contribution in [3.63, 3.8) is 0 Å². The number of carbonyl (C=O) groups is 1. The molecular weight excluding hydrogens is 426 g/mol. The summed E-state index contributed by atoms with van der Waals surface area (Å²) in [5.41, 5.74) is -7.27. The number of hydrogen-bond acceptors (Lipinski definition) is 6. The third-order valence-electron chi connectivity index (χ3n) is 4.12. The van der Waals surface area contributed by atoms with Crippen LogP contribution in [0.4, 0.5) is 17.6 Å². The van der Waals surface area contributed by atoms with Crippen LogP contribution in [-0.4, -0.2) is 26.8 Å². The van der Waals surface area contributed by atoms with Gasteiger partial charge in [0.05, 0.1) is 22.4 Å². The lowest BCUT2D eigenvalue weighted by molar-refractivity contribution is -0.324. The van der Waals surface area contributed by atoms with E-state index in [2.05, 4.69) is 5.16 Å². The molecule has 0 radical (unpaired) electrons. The summed E-state index contributed by atoms with van der Waals surface area (Å²) in [5, 5.41) is 14.5. The van der Waals surface area contributed by atoms with Gasteiger partial charge in [0, 0.05) is 18.1 Å². The number of H-pyrrole nitrogens is 1. The van der Waals surface area contributed by atoms with Crippen LogP contribution in [-0.2, 0) is 15.8 Å². The molecule has 0 amide bonds. The van der Waals surface area contributed by atoms with E-state index in [1.54, 1.807) is 0 Å². The van der Waals surface area contributed by atoms with Gasteiger partial charge in [-0.1, -0.05) is 16.8 Å². The largest absolute Gasteiger partial charge is 0.546 e. The molecule has 1 atom stereocenters. The van der Waals surface area contributed by atoms with Gasteiger partial charge >= 0.3 is 11.9 Å². The highest BCUT2D eigenvalue weighted by atomic mass is 35.5. The number of nitrogens with one attached hydrogen (secondary N) is 1. The maximum Gasteiger partial charge on any atom is 0.431 e. The summed E-state index contributed by atoms with van der Waals surface area (Å²) in [6.45, 7) is 1.17. The van der Waals surface area contributed by atoms with Crippen LogP contribution in [0.5, 0.6) is 0 Å². The zero-order valence-electron chi connectivity index (χ0n) is 14.3. The average molecular weight is 435 g/mol. The third-order valence-corrected chi connectivity index (χ3v) is 4.43. The van der Waals surface area contributed by atoms with Crippen LogP contribution in [0.1, 0.15) is 24.6 Å². The maximum atomic E-state index is 14.4. The Morgan fingerprint density at radius 2 is 2.00 bits per heavy atom. The van der Waals surface area contributed by atoms with Crippen LogP contribution in [0.2, 0.25) is 5.02 Å². The lowest BCUT2D eigenvalue weighted by Gasteiger charge is -2.21. The van der Waals surface area contributed by atoms with Crippen LogP contribution in [0, 0.1) is 5.82 Å². The average Bonchev–Trinajstić information content (AvgIpc) is 2.98. The lowest BCUT2D eigenvalue weighted by Crippen LogP contribution is -2.46. The van der Waals surface area contributed by atoms with Gasteiger partial charge in [0.15, 0.2) is 5.60 Å². The molecule has 29 heavy (non-hydrogen) atoms. The van der Waals surface area contributed by atoms with Gasteiger partial charge in [-0.2, -0.15) is 13.2 Å². The molecule has 0 aliphatic carbocycles. The SMILES string of the molecule is CC1(C(=O)[O-])CC(c2cc(-n3c(=O)cc(C(F)(F)F)[nH]c3=O)c(F)cc2Cl)=NO1. The van der Waals surface area contributed by atoms with Gasteiger partial charge in [0.2, 0.25) is 0 Å². The zero-order valence-corrected chi connectivity index (χ0v) is 15.0. The van der Waals surface area contributed by atoms with E-state index < -0.39 is 46.2 Å². The number of alkyl halides is 3. The molecule has 0 bridgehead atoms. The fourth-order valence-electron chi connectivity index (χ4n) is 2.60. The van der Waals surface area contributed by atoms with Crippen molar-refractivity contribution in [1.82, 2.24) is 9.55 Å². The van der Waals surface area contributed by atoms with E-state index in [0.29, 0.717) is 6.07 Å². The molecule has 2 aromatic rings. The number of rotatable bonds is 3. The Morgan fingerprint density at radius 3 is 2.52 bits per heavy atom. The Bertz CT molecular complexity index is 1140. The zero-order chi connectivity index (χ0) is 21.7. The van der Waals surface area contributed by atoms with Crippen molar-refractivity contribution in [2.45, 2.75) is 25.1 Å². The highest BCUT2D eigenvalue weighted by Crippen LogP contribution is 2.31. The molecule has 1 aliphatic heterocycles. The second-order valence-electron chi connectivity index (χ2n) is 6.27. The van der Waals surface area contributed by atoms with Crippen LogP contribution in [0.15, 0.2) is 32.9 Å². The van der Waals surface area contributed by atoms with E-state index in [1.165, 1.54) is 11.9 Å². The molecule has 1 aromatic carbocycles. The number of halogens is 5. The molecule has 0 saturated heterocycles. The second kappa shape index (κ2) is 6.72. The number of carbonyl (C=O) groups excluding carboxylic acids is 1. The monoisotopic (exact) mass is 434 g/mol. The van der Waals surface area contributed by atoms with Gasteiger partial charge in [0.25, 0.3) is 5.56 Å². The number of aliphatic carboxylic acids is 1. The Kier molecular flexibility index (Phi) is 4.77. The number of nitrogens with zero attached hydrogens (tertiary/aromatic N) is 2. The molecular formula is C16H9ClF4N3O5-. The quantitative estimate of drug-likeness (QED) is 0.722. The molecule has 8 nitrogen and oxygen atoms in total. The summed E-state index contributed by atoms with van der Waals surface area (Å²) >= 11 is 5.94. The standard InChI is InChI=1S/C16H10ClF4N3O5/c1-15(13(26)27)5-9(23-29-15)6-2-10(8(18)3-7(6)17)24-12(25)4-11(16(19,20)21)22-14(24)28/h2-4H,5H2,1H3,(H,22,28)(H,26,27)/p-1. The fraction of sp³-hybridized carbons (Fsp3) is 0.250. The molecule has 1 aliphatic rings. The Labute approximate surface area is 163 Å². The van der Waals surface area contributed by atoms with E-state index >= 15 is 0 Å². The fourth-order valence-corrected chi connectivity index (χ4v) is 2.86. The van der Waals surface area contributed by atoms with E-state index in [4.69, 9.17) is 16.4 Å². The van der Waals surface area contributed by atoms with Crippen molar-refractivity contribution in [3.8, 4) is 5.69 Å². The molecule has 3 rings (SSSR count). The summed E-state index contributed by atoms with van der Waals surface area (Å²) in [7, 11) is 0. The number of aromatic amines is 1. The van der Waals surface area contributed by atoms with Crippen molar-refractivity contribution in [2.24, 2.45) is 5.16 Å². The van der Waals surface area contributed by atoms with Crippen molar-refractivity contribution in [2.75, 3.05) is 0 Å². The Hall–Kier alpha value is -3.15. The first-order valence-electron chi connectivity index (χ1n) is 7.73. The van der Waals surface area contributed by atoms with Crippen molar-refractivity contribution in [1.29, 1.82) is 0 Å². The number of aromatic nitrogens is 2. The molecule has 1 unspecified atom stereocenters.